The monoisotopic (exact) mass is 174 g/mol. The standard InChI is InChI=1S/C10H10N2O/c1-6(11)9-7-4-2-3-5-8(7)12-10(9)13/h2-5,9,11H,1H3,(H,12,13). The van der Waals surface area contributed by atoms with Crippen molar-refractivity contribution in [3.05, 3.63) is 29.8 Å². The first-order chi connectivity index (χ1) is 6.20. The molecule has 0 aliphatic carbocycles. The number of anilines is 1. The highest BCUT2D eigenvalue weighted by atomic mass is 16.2. The summed E-state index contributed by atoms with van der Waals surface area (Å²) >= 11 is 0. The quantitative estimate of drug-likeness (QED) is 0.626. The van der Waals surface area contributed by atoms with Gasteiger partial charge >= 0.3 is 0 Å². The van der Waals surface area contributed by atoms with Gasteiger partial charge in [0.1, 0.15) is 5.92 Å². The van der Waals surface area contributed by atoms with E-state index in [0.29, 0.717) is 5.71 Å². The molecule has 3 nitrogen and oxygen atoms in total. The van der Waals surface area contributed by atoms with Gasteiger partial charge in [0, 0.05) is 11.4 Å². The highest BCUT2D eigenvalue weighted by Gasteiger charge is 2.31. The minimum atomic E-state index is -0.379. The fraction of sp³-hybridized carbons (Fsp3) is 0.200. The number of nitrogens with one attached hydrogen (secondary N) is 2. The Balaban J connectivity index is 2.52. The van der Waals surface area contributed by atoms with Gasteiger partial charge in [-0.25, -0.2) is 0 Å². The van der Waals surface area contributed by atoms with E-state index in [1.807, 2.05) is 24.3 Å². The Morgan fingerprint density at radius 3 is 2.85 bits per heavy atom. The normalized spacial score (nSPS) is 19.5. The zero-order valence-electron chi connectivity index (χ0n) is 7.29. The first-order valence-electron chi connectivity index (χ1n) is 4.15. The molecule has 13 heavy (non-hydrogen) atoms. The summed E-state index contributed by atoms with van der Waals surface area (Å²) in [6.07, 6.45) is 0. The highest BCUT2D eigenvalue weighted by Crippen LogP contribution is 2.32. The molecule has 0 bridgehead atoms. The van der Waals surface area contributed by atoms with Gasteiger partial charge in [-0.05, 0) is 18.6 Å². The molecular weight excluding hydrogens is 164 g/mol. The fourth-order valence-electron chi connectivity index (χ4n) is 1.64. The number of benzene rings is 1. The summed E-state index contributed by atoms with van der Waals surface area (Å²) in [6.45, 7) is 1.66. The number of hydrogen-bond donors (Lipinski definition) is 2. The van der Waals surface area contributed by atoms with Crippen LogP contribution in [0.1, 0.15) is 18.4 Å². The van der Waals surface area contributed by atoms with Gasteiger partial charge in [-0.3, -0.25) is 4.79 Å². The molecule has 0 radical (unpaired) electrons. The summed E-state index contributed by atoms with van der Waals surface area (Å²) < 4.78 is 0. The highest BCUT2D eigenvalue weighted by molar-refractivity contribution is 6.16. The van der Waals surface area contributed by atoms with Crippen LogP contribution in [0, 0.1) is 5.41 Å². The van der Waals surface area contributed by atoms with Gasteiger partial charge < -0.3 is 10.7 Å². The second-order valence-electron chi connectivity index (χ2n) is 3.19. The van der Waals surface area contributed by atoms with Gasteiger partial charge in [-0.2, -0.15) is 0 Å². The summed E-state index contributed by atoms with van der Waals surface area (Å²) in [5, 5.41) is 10.2. The number of fused-ring (bicyclic) bond motifs is 1. The number of hydrogen-bond acceptors (Lipinski definition) is 2. The number of carbonyl (C=O) groups excluding carboxylic acids is 1. The average molecular weight is 174 g/mol. The maximum Gasteiger partial charge on any atom is 0.237 e. The third kappa shape index (κ3) is 1.13. The zero-order valence-corrected chi connectivity index (χ0v) is 7.29. The molecule has 0 fully saturated rings. The predicted molar refractivity (Wildman–Crippen MR) is 51.2 cm³/mol. The van der Waals surface area contributed by atoms with Crippen LogP contribution in [0.5, 0.6) is 0 Å². The number of carbonyl (C=O) groups is 1. The number of rotatable bonds is 1. The van der Waals surface area contributed by atoms with Gasteiger partial charge in [-0.1, -0.05) is 18.2 Å². The third-order valence-electron chi connectivity index (χ3n) is 2.22. The summed E-state index contributed by atoms with van der Waals surface area (Å²) in [7, 11) is 0. The molecule has 0 saturated carbocycles. The Kier molecular flexibility index (Phi) is 1.65. The summed E-state index contributed by atoms with van der Waals surface area (Å²) in [5.41, 5.74) is 2.14. The summed E-state index contributed by atoms with van der Waals surface area (Å²) in [5.74, 6) is -0.468. The van der Waals surface area contributed by atoms with Crippen molar-refractivity contribution in [2.45, 2.75) is 12.8 Å². The minimum absolute atomic E-state index is 0.0892. The van der Waals surface area contributed by atoms with Gasteiger partial charge in [0.25, 0.3) is 0 Å². The van der Waals surface area contributed by atoms with Crippen molar-refractivity contribution in [2.24, 2.45) is 0 Å². The van der Waals surface area contributed by atoms with Crippen LogP contribution in [-0.4, -0.2) is 11.6 Å². The summed E-state index contributed by atoms with van der Waals surface area (Å²) in [6, 6.07) is 7.50. The van der Waals surface area contributed by atoms with Crippen LogP contribution in [0.3, 0.4) is 0 Å². The van der Waals surface area contributed by atoms with Crippen LogP contribution in [0.4, 0.5) is 5.69 Å². The molecule has 1 amide bonds. The van der Waals surface area contributed by atoms with Gasteiger partial charge in [0.15, 0.2) is 0 Å². The van der Waals surface area contributed by atoms with Crippen molar-refractivity contribution in [3.63, 3.8) is 0 Å². The van der Waals surface area contributed by atoms with Crippen LogP contribution in [0.2, 0.25) is 0 Å². The molecule has 1 aliphatic heterocycles. The smallest absolute Gasteiger partial charge is 0.237 e. The third-order valence-corrected chi connectivity index (χ3v) is 2.22. The molecule has 1 heterocycles. The molecule has 2 N–H and O–H groups in total. The van der Waals surface area contributed by atoms with Crippen molar-refractivity contribution in [1.29, 1.82) is 5.41 Å². The van der Waals surface area contributed by atoms with Crippen LogP contribution in [0.15, 0.2) is 24.3 Å². The van der Waals surface area contributed by atoms with E-state index in [1.54, 1.807) is 6.92 Å². The Hall–Kier alpha value is -1.64. The second-order valence-corrected chi connectivity index (χ2v) is 3.19. The van der Waals surface area contributed by atoms with Crippen molar-refractivity contribution in [1.82, 2.24) is 0 Å². The Labute approximate surface area is 76.3 Å². The molecule has 1 aromatic carbocycles. The van der Waals surface area contributed by atoms with Crippen molar-refractivity contribution >= 4 is 17.3 Å². The van der Waals surface area contributed by atoms with Gasteiger partial charge in [0.05, 0.1) is 0 Å². The lowest BCUT2D eigenvalue weighted by molar-refractivity contribution is -0.115. The molecule has 66 valence electrons. The van der Waals surface area contributed by atoms with Crippen LogP contribution < -0.4 is 5.32 Å². The van der Waals surface area contributed by atoms with E-state index in [-0.39, 0.29) is 11.8 Å². The lowest BCUT2D eigenvalue weighted by Crippen LogP contribution is -2.17. The fourth-order valence-corrected chi connectivity index (χ4v) is 1.64. The lowest BCUT2D eigenvalue weighted by atomic mass is 9.97. The first kappa shape index (κ1) is 7.98. The maximum absolute atomic E-state index is 11.4. The van der Waals surface area contributed by atoms with E-state index < -0.39 is 0 Å². The van der Waals surface area contributed by atoms with Crippen molar-refractivity contribution in [2.75, 3.05) is 5.32 Å². The number of para-hydroxylation sites is 1. The Morgan fingerprint density at radius 1 is 1.46 bits per heavy atom. The molecule has 1 unspecified atom stereocenters. The van der Waals surface area contributed by atoms with E-state index in [1.165, 1.54) is 0 Å². The molecule has 0 aromatic heterocycles. The minimum Gasteiger partial charge on any atom is -0.325 e. The first-order valence-corrected chi connectivity index (χ1v) is 4.15. The Morgan fingerprint density at radius 2 is 2.15 bits per heavy atom. The van der Waals surface area contributed by atoms with Crippen LogP contribution in [-0.2, 0) is 4.79 Å². The number of amides is 1. The molecule has 0 spiro atoms. The predicted octanol–water partition coefficient (Wildman–Crippen LogP) is 1.76. The maximum atomic E-state index is 11.4. The van der Waals surface area contributed by atoms with E-state index >= 15 is 0 Å². The topological polar surface area (TPSA) is 53.0 Å². The molecule has 2 rings (SSSR count). The summed E-state index contributed by atoms with van der Waals surface area (Å²) in [4.78, 5) is 11.4. The van der Waals surface area contributed by atoms with E-state index in [4.69, 9.17) is 5.41 Å². The largest absolute Gasteiger partial charge is 0.325 e. The second kappa shape index (κ2) is 2.69. The average Bonchev–Trinajstić information content (AvgIpc) is 2.39. The van der Waals surface area contributed by atoms with Gasteiger partial charge in [-0.15, -0.1) is 0 Å². The van der Waals surface area contributed by atoms with E-state index in [0.717, 1.165) is 11.3 Å². The van der Waals surface area contributed by atoms with Crippen molar-refractivity contribution in [3.8, 4) is 0 Å². The van der Waals surface area contributed by atoms with E-state index in [9.17, 15) is 4.79 Å². The molecular formula is C10H10N2O. The zero-order chi connectivity index (χ0) is 9.42. The van der Waals surface area contributed by atoms with Gasteiger partial charge in [0.2, 0.25) is 5.91 Å². The van der Waals surface area contributed by atoms with E-state index in [2.05, 4.69) is 5.32 Å². The van der Waals surface area contributed by atoms with Crippen molar-refractivity contribution < 1.29 is 4.79 Å². The molecule has 1 aliphatic rings. The molecule has 3 heteroatoms. The molecule has 0 saturated heterocycles. The van der Waals surface area contributed by atoms with Crippen LogP contribution >= 0.6 is 0 Å². The molecule has 1 aromatic rings. The Bertz CT molecular complexity index is 384. The van der Waals surface area contributed by atoms with Crippen LogP contribution in [0.25, 0.3) is 0 Å². The molecule has 1 atom stereocenters. The lowest BCUT2D eigenvalue weighted by Gasteiger charge is -2.04. The SMILES string of the molecule is CC(=N)C1C(=O)Nc2ccccc21.